The van der Waals surface area contributed by atoms with Crippen molar-refractivity contribution in [2.24, 2.45) is 5.92 Å². The molecule has 2 fully saturated rings. The number of halogens is 2. The van der Waals surface area contributed by atoms with Gasteiger partial charge in [-0.15, -0.1) is 0 Å². The number of rotatable bonds is 1. The number of aliphatic hydroxyl groups is 1. The zero-order chi connectivity index (χ0) is 8.77. The van der Waals surface area contributed by atoms with Gasteiger partial charge in [0.15, 0.2) is 0 Å². The number of hydrogen-bond acceptors (Lipinski definition) is 2. The van der Waals surface area contributed by atoms with Crippen molar-refractivity contribution in [2.75, 3.05) is 13.2 Å². The van der Waals surface area contributed by atoms with E-state index in [9.17, 15) is 13.9 Å². The monoisotopic (exact) mass is 177 g/mol. The van der Waals surface area contributed by atoms with Crippen LogP contribution in [0.3, 0.4) is 0 Å². The van der Waals surface area contributed by atoms with E-state index in [2.05, 4.69) is 5.32 Å². The lowest BCUT2D eigenvalue weighted by Gasteiger charge is -2.37. The van der Waals surface area contributed by atoms with Crippen molar-refractivity contribution >= 4 is 0 Å². The van der Waals surface area contributed by atoms with Crippen LogP contribution in [-0.2, 0) is 0 Å². The molecule has 1 saturated heterocycles. The third kappa shape index (κ3) is 1.05. The lowest BCUT2D eigenvalue weighted by molar-refractivity contribution is -0.0280. The van der Waals surface area contributed by atoms with Gasteiger partial charge in [0.1, 0.15) is 6.17 Å². The fourth-order valence-corrected chi connectivity index (χ4v) is 2.05. The highest BCUT2D eigenvalue weighted by molar-refractivity contribution is 5.12. The van der Waals surface area contributed by atoms with Gasteiger partial charge in [-0.25, -0.2) is 4.39 Å². The lowest BCUT2D eigenvalue weighted by atomic mass is 9.86. The molecule has 0 aromatic heterocycles. The molecule has 0 amide bonds. The van der Waals surface area contributed by atoms with Crippen LogP contribution in [0.25, 0.3) is 0 Å². The van der Waals surface area contributed by atoms with Crippen molar-refractivity contribution in [1.82, 2.24) is 5.32 Å². The Morgan fingerprint density at radius 1 is 1.50 bits per heavy atom. The van der Waals surface area contributed by atoms with Gasteiger partial charge in [-0.2, -0.15) is 0 Å². The van der Waals surface area contributed by atoms with Crippen LogP contribution < -0.4 is 5.32 Å². The molecule has 2 N–H and O–H groups in total. The number of aliphatic hydroxyl groups excluding tert-OH is 1. The molecule has 2 aliphatic rings. The summed E-state index contributed by atoms with van der Waals surface area (Å²) in [6.45, 7) is -0.466. The molecule has 0 aromatic carbocycles. The molecule has 1 aliphatic heterocycles. The van der Waals surface area contributed by atoms with E-state index in [0.717, 1.165) is 12.8 Å². The van der Waals surface area contributed by atoms with Crippen LogP contribution in [0.15, 0.2) is 0 Å². The molecule has 4 heteroatoms. The Labute approximate surface area is 70.0 Å². The van der Waals surface area contributed by atoms with Gasteiger partial charge < -0.3 is 10.4 Å². The first-order chi connectivity index (χ1) is 5.69. The van der Waals surface area contributed by atoms with Crippen LogP contribution in [0.5, 0.6) is 0 Å². The van der Waals surface area contributed by atoms with Gasteiger partial charge in [-0.1, -0.05) is 0 Å². The minimum Gasteiger partial charge on any atom is -0.390 e. The third-order valence-electron chi connectivity index (χ3n) is 3.10. The minimum absolute atomic E-state index is 0.164. The molecule has 1 heterocycles. The van der Waals surface area contributed by atoms with Gasteiger partial charge in [0, 0.05) is 18.0 Å². The average Bonchev–Trinajstić information content (AvgIpc) is 2.81. The van der Waals surface area contributed by atoms with Crippen molar-refractivity contribution < 1.29 is 13.9 Å². The van der Waals surface area contributed by atoms with E-state index in [-0.39, 0.29) is 12.1 Å². The quantitative estimate of drug-likeness (QED) is 0.608. The zero-order valence-electron chi connectivity index (χ0n) is 6.76. The SMILES string of the molecule is O[C@H]1[C@H](F)CNC2(CC2)[C@@H]1CF. The summed E-state index contributed by atoms with van der Waals surface area (Å²) in [6, 6.07) is 0. The summed E-state index contributed by atoms with van der Waals surface area (Å²) < 4.78 is 25.4. The second-order valence-corrected chi connectivity index (χ2v) is 3.80. The summed E-state index contributed by atoms with van der Waals surface area (Å²) in [4.78, 5) is 0. The summed E-state index contributed by atoms with van der Waals surface area (Å²) in [5.41, 5.74) is -0.267. The molecule has 2 nitrogen and oxygen atoms in total. The third-order valence-corrected chi connectivity index (χ3v) is 3.10. The molecule has 0 unspecified atom stereocenters. The van der Waals surface area contributed by atoms with E-state index < -0.39 is 24.9 Å². The van der Waals surface area contributed by atoms with Gasteiger partial charge >= 0.3 is 0 Å². The van der Waals surface area contributed by atoms with E-state index in [4.69, 9.17) is 0 Å². The molecule has 1 saturated carbocycles. The molecule has 1 spiro atoms. The highest BCUT2D eigenvalue weighted by atomic mass is 19.1. The Hall–Kier alpha value is -0.220. The van der Waals surface area contributed by atoms with Crippen LogP contribution in [0.1, 0.15) is 12.8 Å². The maximum absolute atomic E-state index is 12.9. The number of nitrogens with one attached hydrogen (secondary N) is 1. The molecular formula is C8H13F2NO. The van der Waals surface area contributed by atoms with Gasteiger partial charge in [0.2, 0.25) is 0 Å². The Morgan fingerprint density at radius 3 is 2.67 bits per heavy atom. The van der Waals surface area contributed by atoms with Gasteiger partial charge in [-0.3, -0.25) is 4.39 Å². The molecule has 0 radical (unpaired) electrons. The molecule has 0 bridgehead atoms. The first-order valence-corrected chi connectivity index (χ1v) is 4.33. The summed E-state index contributed by atoms with van der Waals surface area (Å²) in [5.74, 6) is -0.541. The molecule has 3 atom stereocenters. The number of hydrogen-bond donors (Lipinski definition) is 2. The zero-order valence-corrected chi connectivity index (χ0v) is 6.76. The summed E-state index contributed by atoms with van der Waals surface area (Å²) in [6.07, 6.45) is -0.688. The van der Waals surface area contributed by atoms with Crippen molar-refractivity contribution in [3.8, 4) is 0 Å². The molecule has 0 aromatic rings. The van der Waals surface area contributed by atoms with Crippen LogP contribution in [0.4, 0.5) is 8.78 Å². The van der Waals surface area contributed by atoms with E-state index in [1.807, 2.05) is 0 Å². The molecule has 1 aliphatic carbocycles. The summed E-state index contributed by atoms with van der Waals surface area (Å²) in [7, 11) is 0. The normalized spacial score (nSPS) is 44.8. The molecule has 70 valence electrons. The Morgan fingerprint density at radius 2 is 2.17 bits per heavy atom. The van der Waals surface area contributed by atoms with Crippen molar-refractivity contribution in [3.63, 3.8) is 0 Å². The van der Waals surface area contributed by atoms with Crippen LogP contribution in [0, 0.1) is 5.92 Å². The topological polar surface area (TPSA) is 32.3 Å². The molecule has 2 rings (SSSR count). The van der Waals surface area contributed by atoms with Crippen LogP contribution >= 0.6 is 0 Å². The van der Waals surface area contributed by atoms with Crippen LogP contribution in [0.2, 0.25) is 0 Å². The average molecular weight is 177 g/mol. The smallest absolute Gasteiger partial charge is 0.139 e. The van der Waals surface area contributed by atoms with Crippen molar-refractivity contribution in [2.45, 2.75) is 30.7 Å². The Kier molecular flexibility index (Phi) is 1.84. The standard InChI is InChI=1S/C8H13F2NO/c9-3-5-7(12)6(10)4-11-8(5)1-2-8/h5-7,11-12H,1-4H2/t5-,6-,7-/m1/s1. The minimum atomic E-state index is -1.31. The second-order valence-electron chi connectivity index (χ2n) is 3.80. The summed E-state index contributed by atoms with van der Waals surface area (Å²) in [5, 5.41) is 12.3. The first kappa shape index (κ1) is 8.38. The van der Waals surface area contributed by atoms with Gasteiger partial charge in [-0.05, 0) is 12.8 Å². The maximum Gasteiger partial charge on any atom is 0.139 e. The Balaban J connectivity index is 2.11. The fraction of sp³-hybridized carbons (Fsp3) is 1.00. The van der Waals surface area contributed by atoms with E-state index in [1.54, 1.807) is 0 Å². The first-order valence-electron chi connectivity index (χ1n) is 4.33. The number of alkyl halides is 2. The lowest BCUT2D eigenvalue weighted by Crippen LogP contribution is -2.57. The number of piperidine rings is 1. The van der Waals surface area contributed by atoms with Crippen molar-refractivity contribution in [3.05, 3.63) is 0 Å². The maximum atomic E-state index is 12.9. The van der Waals surface area contributed by atoms with Crippen LogP contribution in [-0.4, -0.2) is 36.1 Å². The highest BCUT2D eigenvalue weighted by Gasteiger charge is 2.56. The van der Waals surface area contributed by atoms with E-state index >= 15 is 0 Å². The second kappa shape index (κ2) is 2.64. The Bertz CT molecular complexity index is 184. The van der Waals surface area contributed by atoms with E-state index in [0.29, 0.717) is 0 Å². The van der Waals surface area contributed by atoms with Gasteiger partial charge in [0.25, 0.3) is 0 Å². The largest absolute Gasteiger partial charge is 0.390 e. The van der Waals surface area contributed by atoms with Crippen molar-refractivity contribution in [1.29, 1.82) is 0 Å². The van der Waals surface area contributed by atoms with E-state index in [1.165, 1.54) is 0 Å². The highest BCUT2D eigenvalue weighted by Crippen LogP contribution is 2.46. The molecular weight excluding hydrogens is 164 g/mol. The summed E-state index contributed by atoms with van der Waals surface area (Å²) >= 11 is 0. The van der Waals surface area contributed by atoms with Gasteiger partial charge in [0.05, 0.1) is 12.8 Å². The predicted octanol–water partition coefficient (Wildman–Crippen LogP) is 0.407. The fourth-order valence-electron chi connectivity index (χ4n) is 2.05. The molecule has 12 heavy (non-hydrogen) atoms. The predicted molar refractivity (Wildman–Crippen MR) is 40.3 cm³/mol.